The molecule has 8 nitrogen and oxygen atoms in total. The molecular weight excluding hydrogens is 557 g/mol. The molecule has 0 radical (unpaired) electrons. The van der Waals surface area contributed by atoms with Crippen molar-refractivity contribution in [2.75, 3.05) is 26.7 Å². The van der Waals surface area contributed by atoms with Crippen LogP contribution in [0.5, 0.6) is 11.5 Å². The number of rotatable bonds is 7. The number of methoxy groups -OCH3 is 1. The highest BCUT2D eigenvalue weighted by Gasteiger charge is 2.37. The summed E-state index contributed by atoms with van der Waals surface area (Å²) in [6, 6.07) is 9.20. The van der Waals surface area contributed by atoms with Crippen LogP contribution in [0.4, 0.5) is 4.79 Å². The van der Waals surface area contributed by atoms with E-state index in [0.717, 1.165) is 38.8 Å². The number of carbonyl (C=O) groups is 3. The second kappa shape index (κ2) is 10.6. The maximum absolute atomic E-state index is 12.8. The summed E-state index contributed by atoms with van der Waals surface area (Å²) in [5.74, 6) is 0.432. The fourth-order valence-electron chi connectivity index (χ4n) is 3.58. The molecule has 3 amide bonds. The summed E-state index contributed by atoms with van der Waals surface area (Å²) in [7, 11) is 1.54. The first-order valence-electron chi connectivity index (χ1n) is 10.4. The summed E-state index contributed by atoms with van der Waals surface area (Å²) < 4.78 is 12.2. The molecule has 2 fully saturated rings. The third-order valence-electron chi connectivity index (χ3n) is 5.27. The van der Waals surface area contributed by atoms with Gasteiger partial charge >= 0.3 is 0 Å². The number of benzene rings is 1. The number of aromatic nitrogens is 1. The number of amides is 3. The van der Waals surface area contributed by atoms with Crippen LogP contribution in [-0.2, 0) is 16.2 Å². The molecule has 0 aliphatic carbocycles. The number of hydrogen-bond donors (Lipinski definition) is 0. The maximum atomic E-state index is 12.8. The van der Waals surface area contributed by atoms with E-state index in [-0.39, 0.29) is 24.0 Å². The van der Waals surface area contributed by atoms with Crippen molar-refractivity contribution in [3.8, 4) is 11.5 Å². The number of thioether (sulfide) groups is 1. The Morgan fingerprint density at radius 2 is 2.03 bits per heavy atom. The molecule has 1 aromatic heterocycles. The molecule has 2 aliphatic heterocycles. The monoisotopic (exact) mass is 579 g/mol. The third kappa shape index (κ3) is 5.49. The SMILES string of the molecule is COc1cc(/C=C2\SC(=O)N(CC(=O)N3CCCC3)C2=O)cc(I)c1OCc1ccccn1. The van der Waals surface area contributed by atoms with Crippen molar-refractivity contribution in [1.82, 2.24) is 14.8 Å². The van der Waals surface area contributed by atoms with Crippen LogP contribution in [-0.4, -0.2) is 58.6 Å². The molecule has 0 atom stereocenters. The van der Waals surface area contributed by atoms with Crippen LogP contribution in [0.25, 0.3) is 6.08 Å². The Hall–Kier alpha value is -2.60. The van der Waals surface area contributed by atoms with E-state index in [0.29, 0.717) is 30.2 Å². The first-order valence-corrected chi connectivity index (χ1v) is 12.3. The molecule has 0 unspecified atom stereocenters. The van der Waals surface area contributed by atoms with Crippen molar-refractivity contribution in [2.24, 2.45) is 0 Å². The summed E-state index contributed by atoms with van der Waals surface area (Å²) in [5.41, 5.74) is 1.48. The number of imide groups is 1. The Labute approximate surface area is 209 Å². The second-order valence-electron chi connectivity index (χ2n) is 7.50. The van der Waals surface area contributed by atoms with Gasteiger partial charge < -0.3 is 14.4 Å². The van der Waals surface area contributed by atoms with Gasteiger partial charge in [0, 0.05) is 19.3 Å². The van der Waals surface area contributed by atoms with Gasteiger partial charge in [-0.25, -0.2) is 0 Å². The minimum absolute atomic E-state index is 0.193. The first kappa shape index (κ1) is 23.6. The lowest BCUT2D eigenvalue weighted by Crippen LogP contribution is -2.40. The number of pyridine rings is 1. The van der Waals surface area contributed by atoms with Gasteiger partial charge in [-0.05, 0) is 83.1 Å². The predicted molar refractivity (Wildman–Crippen MR) is 133 cm³/mol. The molecule has 0 bridgehead atoms. The lowest BCUT2D eigenvalue weighted by molar-refractivity contribution is -0.135. The predicted octanol–water partition coefficient (Wildman–Crippen LogP) is 3.93. The highest BCUT2D eigenvalue weighted by atomic mass is 127. The lowest BCUT2D eigenvalue weighted by atomic mass is 10.2. The van der Waals surface area contributed by atoms with E-state index in [1.807, 2.05) is 24.3 Å². The first-order chi connectivity index (χ1) is 16.0. The quantitative estimate of drug-likeness (QED) is 0.363. The number of likely N-dealkylation sites (tertiary alicyclic amines) is 1. The zero-order valence-corrected chi connectivity index (χ0v) is 20.9. The van der Waals surface area contributed by atoms with Crippen LogP contribution in [0, 0.1) is 3.57 Å². The Bertz CT molecular complexity index is 1100. The number of halogens is 1. The van der Waals surface area contributed by atoms with E-state index < -0.39 is 11.1 Å². The van der Waals surface area contributed by atoms with E-state index in [1.54, 1.807) is 30.3 Å². The molecule has 33 heavy (non-hydrogen) atoms. The van der Waals surface area contributed by atoms with Gasteiger partial charge in [-0.15, -0.1) is 0 Å². The number of ether oxygens (including phenoxy) is 2. The van der Waals surface area contributed by atoms with Crippen LogP contribution in [0.15, 0.2) is 41.4 Å². The van der Waals surface area contributed by atoms with Crippen molar-refractivity contribution in [3.63, 3.8) is 0 Å². The van der Waals surface area contributed by atoms with E-state index in [9.17, 15) is 14.4 Å². The molecule has 0 spiro atoms. The molecule has 10 heteroatoms. The average Bonchev–Trinajstić information content (AvgIpc) is 3.44. The molecule has 2 saturated heterocycles. The molecule has 2 aliphatic rings. The van der Waals surface area contributed by atoms with Gasteiger partial charge in [0.25, 0.3) is 11.1 Å². The maximum Gasteiger partial charge on any atom is 0.294 e. The Morgan fingerprint density at radius 1 is 1.24 bits per heavy atom. The summed E-state index contributed by atoms with van der Waals surface area (Å²) >= 11 is 2.98. The topological polar surface area (TPSA) is 89.0 Å². The summed E-state index contributed by atoms with van der Waals surface area (Å²) in [6.45, 7) is 1.43. The van der Waals surface area contributed by atoms with Crippen LogP contribution in [0.3, 0.4) is 0 Å². The number of hydrogen-bond acceptors (Lipinski definition) is 7. The van der Waals surface area contributed by atoms with E-state index >= 15 is 0 Å². The standard InChI is InChI=1S/C23H22IN3O5S/c1-31-18-11-15(10-17(24)21(18)32-14-16-6-2-3-7-25-16)12-19-22(29)27(23(30)33-19)13-20(28)26-8-4-5-9-26/h2-3,6-7,10-12H,4-5,8-9,13-14H2,1H3/b19-12-. The van der Waals surface area contributed by atoms with Crippen LogP contribution in [0.2, 0.25) is 0 Å². The highest BCUT2D eigenvalue weighted by molar-refractivity contribution is 14.1. The van der Waals surface area contributed by atoms with E-state index in [2.05, 4.69) is 27.6 Å². The zero-order chi connectivity index (χ0) is 23.4. The van der Waals surface area contributed by atoms with Gasteiger partial charge in [0.1, 0.15) is 13.2 Å². The highest BCUT2D eigenvalue weighted by Crippen LogP contribution is 2.37. The fraction of sp³-hybridized carbons (Fsp3) is 0.304. The van der Waals surface area contributed by atoms with Gasteiger partial charge in [-0.1, -0.05) is 6.07 Å². The van der Waals surface area contributed by atoms with Crippen molar-refractivity contribution < 1.29 is 23.9 Å². The molecule has 2 aromatic rings. The van der Waals surface area contributed by atoms with Gasteiger partial charge in [0.15, 0.2) is 11.5 Å². The van der Waals surface area contributed by atoms with Crippen LogP contribution in [0.1, 0.15) is 24.1 Å². The van der Waals surface area contributed by atoms with Gasteiger partial charge in [-0.3, -0.25) is 24.3 Å². The van der Waals surface area contributed by atoms with Crippen LogP contribution < -0.4 is 9.47 Å². The minimum atomic E-state index is -0.456. The summed E-state index contributed by atoms with van der Waals surface area (Å²) in [6.07, 6.45) is 5.25. The number of carbonyl (C=O) groups excluding carboxylic acids is 3. The van der Waals surface area contributed by atoms with Crippen molar-refractivity contribution in [2.45, 2.75) is 19.4 Å². The summed E-state index contributed by atoms with van der Waals surface area (Å²) in [4.78, 5) is 44.9. The molecule has 0 saturated carbocycles. The normalized spacial score (nSPS) is 17.2. The summed E-state index contributed by atoms with van der Waals surface area (Å²) in [5, 5.41) is -0.434. The molecular formula is C23H22IN3O5S. The van der Waals surface area contributed by atoms with E-state index in [4.69, 9.17) is 9.47 Å². The van der Waals surface area contributed by atoms with Gasteiger partial charge in [0.2, 0.25) is 5.91 Å². The molecule has 1 aromatic carbocycles. The Balaban J connectivity index is 1.49. The Morgan fingerprint density at radius 3 is 2.73 bits per heavy atom. The lowest BCUT2D eigenvalue weighted by Gasteiger charge is -2.18. The zero-order valence-electron chi connectivity index (χ0n) is 18.0. The fourth-order valence-corrected chi connectivity index (χ4v) is 5.20. The third-order valence-corrected chi connectivity index (χ3v) is 6.97. The van der Waals surface area contributed by atoms with Crippen molar-refractivity contribution >= 4 is 57.5 Å². The molecule has 4 rings (SSSR count). The van der Waals surface area contributed by atoms with E-state index in [1.165, 1.54) is 0 Å². The van der Waals surface area contributed by atoms with Crippen LogP contribution >= 0.6 is 34.4 Å². The average molecular weight is 579 g/mol. The molecule has 3 heterocycles. The van der Waals surface area contributed by atoms with Crippen molar-refractivity contribution in [3.05, 3.63) is 56.3 Å². The number of nitrogens with zero attached hydrogens (tertiary/aromatic N) is 3. The Kier molecular flexibility index (Phi) is 7.53. The van der Waals surface area contributed by atoms with Gasteiger partial charge in [-0.2, -0.15) is 0 Å². The minimum Gasteiger partial charge on any atom is -0.493 e. The molecule has 172 valence electrons. The van der Waals surface area contributed by atoms with Crippen molar-refractivity contribution in [1.29, 1.82) is 0 Å². The smallest absolute Gasteiger partial charge is 0.294 e. The van der Waals surface area contributed by atoms with Gasteiger partial charge in [0.05, 0.1) is 21.3 Å². The molecule has 0 N–H and O–H groups in total. The second-order valence-corrected chi connectivity index (χ2v) is 9.65. The largest absolute Gasteiger partial charge is 0.493 e.